The first-order valence-corrected chi connectivity index (χ1v) is 11.0. The number of piperidine rings is 1. The molecule has 1 heterocycles. The van der Waals surface area contributed by atoms with Crippen molar-refractivity contribution >= 4 is 11.8 Å². The van der Waals surface area contributed by atoms with Gasteiger partial charge in [-0.3, -0.25) is 9.59 Å². The van der Waals surface area contributed by atoms with Crippen LogP contribution in [0.4, 0.5) is 0 Å². The summed E-state index contributed by atoms with van der Waals surface area (Å²) in [5.74, 6) is 3.44. The average Bonchev–Trinajstić information content (AvgIpc) is 2.58. The molecule has 1 atom stereocenters. The Morgan fingerprint density at radius 1 is 0.962 bits per heavy atom. The van der Waals surface area contributed by atoms with Gasteiger partial charge in [-0.05, 0) is 81.0 Å². The monoisotopic (exact) mass is 360 g/mol. The highest BCUT2D eigenvalue weighted by Crippen LogP contribution is 2.60. The van der Waals surface area contributed by atoms with Gasteiger partial charge in [0.1, 0.15) is 6.04 Å². The van der Waals surface area contributed by atoms with Gasteiger partial charge in [-0.15, -0.1) is 0 Å². The Morgan fingerprint density at radius 3 is 1.92 bits per heavy atom. The van der Waals surface area contributed by atoms with Crippen LogP contribution >= 0.6 is 0 Å². The summed E-state index contributed by atoms with van der Waals surface area (Å²) in [6.45, 7) is 8.08. The van der Waals surface area contributed by atoms with Gasteiger partial charge >= 0.3 is 0 Å². The molecule has 1 aliphatic heterocycles. The fourth-order valence-electron chi connectivity index (χ4n) is 6.62. The lowest BCUT2D eigenvalue weighted by Crippen LogP contribution is -2.59. The first-order valence-electron chi connectivity index (χ1n) is 11.0. The van der Waals surface area contributed by atoms with Crippen molar-refractivity contribution < 1.29 is 9.59 Å². The lowest BCUT2D eigenvalue weighted by atomic mass is 9.49. The second-order valence-corrected chi connectivity index (χ2v) is 10.4. The molecule has 4 bridgehead atoms. The average molecular weight is 361 g/mol. The Labute approximate surface area is 158 Å². The van der Waals surface area contributed by atoms with Crippen molar-refractivity contribution in [1.82, 2.24) is 10.2 Å². The minimum atomic E-state index is -0.357. The molecule has 5 rings (SSSR count). The lowest BCUT2D eigenvalue weighted by molar-refractivity contribution is -0.151. The Hall–Kier alpha value is -1.06. The van der Waals surface area contributed by atoms with Crippen LogP contribution in [-0.4, -0.2) is 35.8 Å². The van der Waals surface area contributed by atoms with E-state index in [1.165, 1.54) is 19.3 Å². The molecule has 1 saturated heterocycles. The summed E-state index contributed by atoms with van der Waals surface area (Å²) in [6.07, 6.45) is 9.36. The van der Waals surface area contributed by atoms with Crippen LogP contribution in [0.15, 0.2) is 0 Å². The van der Waals surface area contributed by atoms with Crippen LogP contribution in [0, 0.1) is 35.0 Å². The van der Waals surface area contributed by atoms with Crippen molar-refractivity contribution in [1.29, 1.82) is 0 Å². The summed E-state index contributed by atoms with van der Waals surface area (Å²) < 4.78 is 0. The molecule has 5 aliphatic rings. The number of carbonyl (C=O) groups is 2. The normalized spacial score (nSPS) is 37.8. The van der Waals surface area contributed by atoms with Crippen molar-refractivity contribution in [3.8, 4) is 0 Å². The van der Waals surface area contributed by atoms with Gasteiger partial charge in [0.2, 0.25) is 11.8 Å². The Balaban J connectivity index is 1.45. The summed E-state index contributed by atoms with van der Waals surface area (Å²) in [5, 5.41) is 3.25. The molecular formula is C22H36N2O2. The molecule has 0 aromatic heterocycles. The number of amides is 2. The molecule has 5 fully saturated rings. The fraction of sp³-hybridized carbons (Fsp3) is 0.909. The molecule has 4 nitrogen and oxygen atoms in total. The van der Waals surface area contributed by atoms with Gasteiger partial charge in [-0.2, -0.15) is 0 Å². The maximum Gasteiger partial charge on any atom is 0.245 e. The standard InChI is InChI=1S/C22H36N2O2/c1-14(2)19(20(25)24-6-4-15(3)5-7-24)23-21(26)22-11-16-8-17(12-22)10-18(9-16)13-22/h14-19H,4-13H2,1-3H3,(H,23,26). The van der Waals surface area contributed by atoms with E-state index >= 15 is 0 Å². The molecule has 26 heavy (non-hydrogen) atoms. The van der Waals surface area contributed by atoms with Crippen LogP contribution in [0.25, 0.3) is 0 Å². The van der Waals surface area contributed by atoms with E-state index in [0.717, 1.165) is 62.9 Å². The Kier molecular flexibility index (Phi) is 4.81. The molecule has 0 spiro atoms. The molecule has 2 amide bonds. The van der Waals surface area contributed by atoms with Crippen molar-refractivity contribution in [2.24, 2.45) is 35.0 Å². The summed E-state index contributed by atoms with van der Waals surface area (Å²) in [5.41, 5.74) is -0.168. The van der Waals surface area contributed by atoms with E-state index < -0.39 is 0 Å². The van der Waals surface area contributed by atoms with Gasteiger partial charge in [-0.25, -0.2) is 0 Å². The molecule has 146 valence electrons. The van der Waals surface area contributed by atoms with Crippen molar-refractivity contribution in [3.05, 3.63) is 0 Å². The fourth-order valence-corrected chi connectivity index (χ4v) is 6.62. The van der Waals surface area contributed by atoms with E-state index in [-0.39, 0.29) is 29.2 Å². The summed E-state index contributed by atoms with van der Waals surface area (Å²) >= 11 is 0. The van der Waals surface area contributed by atoms with Crippen molar-refractivity contribution in [3.63, 3.8) is 0 Å². The molecule has 0 radical (unpaired) electrons. The molecule has 0 aromatic rings. The van der Waals surface area contributed by atoms with Gasteiger partial charge < -0.3 is 10.2 Å². The van der Waals surface area contributed by atoms with E-state index in [0.29, 0.717) is 5.92 Å². The topological polar surface area (TPSA) is 49.4 Å². The maximum atomic E-state index is 13.4. The Bertz CT molecular complexity index is 527. The number of nitrogens with zero attached hydrogens (tertiary/aromatic N) is 1. The zero-order valence-corrected chi connectivity index (χ0v) is 16.8. The zero-order chi connectivity index (χ0) is 18.5. The lowest BCUT2D eigenvalue weighted by Gasteiger charge is -2.56. The van der Waals surface area contributed by atoms with Crippen molar-refractivity contribution in [2.75, 3.05) is 13.1 Å². The third-order valence-corrected chi connectivity index (χ3v) is 7.83. The van der Waals surface area contributed by atoms with Crippen LogP contribution in [0.5, 0.6) is 0 Å². The molecule has 4 heteroatoms. The number of carbonyl (C=O) groups excluding carboxylic acids is 2. The predicted octanol–water partition coefficient (Wildman–Crippen LogP) is 3.60. The number of nitrogens with one attached hydrogen (secondary N) is 1. The molecule has 4 aliphatic carbocycles. The number of hydrogen-bond acceptors (Lipinski definition) is 2. The molecule has 1 N–H and O–H groups in total. The quantitative estimate of drug-likeness (QED) is 0.833. The first-order chi connectivity index (χ1) is 12.4. The second-order valence-electron chi connectivity index (χ2n) is 10.4. The molecule has 0 aromatic carbocycles. The molecule has 1 unspecified atom stereocenters. The third-order valence-electron chi connectivity index (χ3n) is 7.83. The highest BCUT2D eigenvalue weighted by atomic mass is 16.2. The van der Waals surface area contributed by atoms with Crippen LogP contribution in [0.3, 0.4) is 0 Å². The smallest absolute Gasteiger partial charge is 0.245 e. The molecular weight excluding hydrogens is 324 g/mol. The summed E-state index contributed by atoms with van der Waals surface area (Å²) in [4.78, 5) is 28.5. The second kappa shape index (κ2) is 6.83. The number of hydrogen-bond donors (Lipinski definition) is 1. The number of likely N-dealkylation sites (tertiary alicyclic amines) is 1. The first kappa shape index (κ1) is 18.3. The predicted molar refractivity (Wildman–Crippen MR) is 102 cm³/mol. The van der Waals surface area contributed by atoms with Crippen LogP contribution in [0.2, 0.25) is 0 Å². The summed E-state index contributed by atoms with van der Waals surface area (Å²) in [7, 11) is 0. The van der Waals surface area contributed by atoms with Gasteiger partial charge in [0.25, 0.3) is 0 Å². The minimum absolute atomic E-state index is 0.139. The zero-order valence-electron chi connectivity index (χ0n) is 16.8. The highest BCUT2D eigenvalue weighted by molar-refractivity contribution is 5.90. The van der Waals surface area contributed by atoms with Gasteiger partial charge in [-0.1, -0.05) is 20.8 Å². The van der Waals surface area contributed by atoms with E-state index in [1.807, 2.05) is 4.90 Å². The summed E-state index contributed by atoms with van der Waals surface area (Å²) in [6, 6.07) is -0.357. The van der Waals surface area contributed by atoms with Gasteiger partial charge in [0, 0.05) is 18.5 Å². The largest absolute Gasteiger partial charge is 0.344 e. The number of rotatable bonds is 4. The van der Waals surface area contributed by atoms with Gasteiger partial charge in [0.05, 0.1) is 0 Å². The van der Waals surface area contributed by atoms with Crippen LogP contribution in [-0.2, 0) is 9.59 Å². The van der Waals surface area contributed by atoms with Crippen molar-refractivity contribution in [2.45, 2.75) is 78.2 Å². The van der Waals surface area contributed by atoms with E-state index in [1.54, 1.807) is 0 Å². The van der Waals surface area contributed by atoms with Gasteiger partial charge in [0.15, 0.2) is 0 Å². The van der Waals surface area contributed by atoms with Crippen LogP contribution < -0.4 is 5.32 Å². The van der Waals surface area contributed by atoms with E-state index in [4.69, 9.17) is 0 Å². The SMILES string of the molecule is CC1CCN(C(=O)C(NC(=O)C23CC4CC(CC(C4)C2)C3)C(C)C)CC1. The molecule has 4 saturated carbocycles. The maximum absolute atomic E-state index is 13.4. The van der Waals surface area contributed by atoms with E-state index in [9.17, 15) is 9.59 Å². The van der Waals surface area contributed by atoms with E-state index in [2.05, 4.69) is 26.1 Å². The van der Waals surface area contributed by atoms with Crippen LogP contribution in [0.1, 0.15) is 72.1 Å². The Morgan fingerprint density at radius 2 is 1.46 bits per heavy atom. The third kappa shape index (κ3) is 3.29. The highest BCUT2D eigenvalue weighted by Gasteiger charge is 2.55. The minimum Gasteiger partial charge on any atom is -0.344 e.